The first-order valence-corrected chi connectivity index (χ1v) is 8.68. The molecular formula is C13H6F2K2O. The normalized spacial score (nSPS) is 10.6. The van der Waals surface area contributed by atoms with Gasteiger partial charge in [-0.25, -0.2) is 0 Å². The molecular weight excluding hydrogens is 288 g/mol. The molecule has 0 N–H and O–H groups in total. The average molecular weight is 294 g/mol. The van der Waals surface area contributed by atoms with Crippen LogP contribution >= 0.6 is 0 Å². The standard InChI is InChI=1S/C13H6F2O.2K/c14-11-5-1-9(2-6-11)13(16)10-3-7-12(15)8-4-10;;/h1-5,7H;;. The van der Waals surface area contributed by atoms with Crippen LogP contribution in [0.5, 0.6) is 0 Å². The van der Waals surface area contributed by atoms with Crippen molar-refractivity contribution in [1.82, 2.24) is 0 Å². The van der Waals surface area contributed by atoms with Crippen LogP contribution in [0.1, 0.15) is 15.9 Å². The van der Waals surface area contributed by atoms with E-state index in [-0.39, 0.29) is 115 Å². The molecule has 0 atom stereocenters. The molecule has 0 unspecified atom stereocenters. The first-order valence-electron chi connectivity index (χ1n) is 5.56. The van der Waals surface area contributed by atoms with Gasteiger partial charge in [-0.2, -0.15) is 0 Å². The fourth-order valence-electron chi connectivity index (χ4n) is 1.74. The summed E-state index contributed by atoms with van der Waals surface area (Å²) in [5.41, 5.74) is 0.941. The summed E-state index contributed by atoms with van der Waals surface area (Å²) in [6.45, 7) is 0. The van der Waals surface area contributed by atoms with Crippen molar-refractivity contribution < 1.29 is 13.6 Å². The van der Waals surface area contributed by atoms with Crippen LogP contribution < -0.4 is -0.684 Å². The van der Waals surface area contributed by atoms with E-state index in [1.165, 1.54) is 24.3 Å². The van der Waals surface area contributed by atoms with Crippen LogP contribution in [0.15, 0.2) is 36.4 Å². The summed E-state index contributed by atoms with van der Waals surface area (Å²) in [4.78, 5) is 12.2. The van der Waals surface area contributed by atoms with Gasteiger partial charge >= 0.3 is 176 Å². The van der Waals surface area contributed by atoms with Crippen molar-refractivity contribution in [3.05, 3.63) is 59.2 Å². The maximum atomic E-state index is 13.2. The zero-order chi connectivity index (χ0) is 13.3. The zero-order valence-corrected chi connectivity index (χ0v) is 16.4. The molecule has 0 aromatic heterocycles. The molecule has 0 aliphatic rings. The summed E-state index contributed by atoms with van der Waals surface area (Å²) in [6.07, 6.45) is 0. The van der Waals surface area contributed by atoms with Crippen molar-refractivity contribution in [1.29, 1.82) is 0 Å². The summed E-state index contributed by atoms with van der Waals surface area (Å²) >= 11 is 0.364. The summed E-state index contributed by atoms with van der Waals surface area (Å²) in [5, 5.41) is 0. The molecule has 2 aromatic carbocycles. The number of benzene rings is 2. The Morgan fingerprint density at radius 2 is 1.22 bits per heavy atom. The van der Waals surface area contributed by atoms with Crippen molar-refractivity contribution in [2.45, 2.75) is 0 Å². The van der Waals surface area contributed by atoms with E-state index in [0.717, 1.165) is 0 Å². The molecule has 0 aliphatic carbocycles. The first kappa shape index (κ1) is 15.6. The third-order valence-electron chi connectivity index (χ3n) is 2.84. The predicted octanol–water partition coefficient (Wildman–Crippen LogP) is 0.783. The molecule has 18 heavy (non-hydrogen) atoms. The van der Waals surface area contributed by atoms with Gasteiger partial charge in [0.2, 0.25) is 0 Å². The Morgan fingerprint density at radius 1 is 0.833 bits per heavy atom. The van der Waals surface area contributed by atoms with Gasteiger partial charge in [0.25, 0.3) is 0 Å². The van der Waals surface area contributed by atoms with Gasteiger partial charge in [0.1, 0.15) is 0 Å². The summed E-state index contributed by atoms with van der Waals surface area (Å²) in [5.74, 6) is -0.681. The SMILES string of the molecule is O=C(c1ccc(F)[c]([K])c1)c1ccc(F)[c]([K])c1. The second kappa shape index (κ2) is 6.80. The van der Waals surface area contributed by atoms with E-state index in [1.807, 2.05) is 0 Å². The van der Waals surface area contributed by atoms with Crippen LogP contribution in [-0.2, 0) is 0 Å². The second-order valence-electron chi connectivity index (χ2n) is 4.26. The van der Waals surface area contributed by atoms with Crippen LogP contribution in [0.2, 0.25) is 0 Å². The second-order valence-corrected chi connectivity index (χ2v) is 7.62. The van der Waals surface area contributed by atoms with E-state index in [2.05, 4.69) is 0 Å². The molecule has 0 saturated carbocycles. The van der Waals surface area contributed by atoms with Crippen molar-refractivity contribution >= 4 is 103 Å². The van der Waals surface area contributed by atoms with Crippen LogP contribution in [0, 0.1) is 11.6 Å². The monoisotopic (exact) mass is 294 g/mol. The minimum atomic E-state index is -0.253. The molecule has 1 nitrogen and oxygen atoms in total. The summed E-state index contributed by atoms with van der Waals surface area (Å²) in [6, 6.07) is 8.79. The molecule has 0 spiro atoms. The van der Waals surface area contributed by atoms with Gasteiger partial charge in [-0.1, -0.05) is 0 Å². The van der Waals surface area contributed by atoms with E-state index in [9.17, 15) is 13.6 Å². The van der Waals surface area contributed by atoms with Crippen LogP contribution in [0.3, 0.4) is 0 Å². The Morgan fingerprint density at radius 3 is 1.56 bits per heavy atom. The van der Waals surface area contributed by atoms with Gasteiger partial charge in [0, 0.05) is 0 Å². The number of hydrogen-bond acceptors (Lipinski definition) is 1. The topological polar surface area (TPSA) is 17.1 Å². The van der Waals surface area contributed by atoms with E-state index in [0.29, 0.717) is 10.4 Å². The number of carbonyl (C=O) groups excluding carboxylic acids is 1. The number of carbonyl (C=O) groups is 1. The Labute approximate surface area is 172 Å². The molecule has 0 saturated heterocycles. The Hall–Kier alpha value is 1.24. The molecule has 0 heterocycles. The molecule has 80 valence electrons. The Bertz CT molecular complexity index is 573. The number of ketones is 1. The molecule has 0 bridgehead atoms. The van der Waals surface area contributed by atoms with Crippen molar-refractivity contribution in [2.75, 3.05) is 0 Å². The van der Waals surface area contributed by atoms with E-state index >= 15 is 0 Å². The Balaban J connectivity index is 2.41. The molecule has 0 radical (unpaired) electrons. The van der Waals surface area contributed by atoms with E-state index < -0.39 is 0 Å². The third kappa shape index (κ3) is 3.66. The van der Waals surface area contributed by atoms with Crippen molar-refractivity contribution in [2.24, 2.45) is 0 Å². The van der Waals surface area contributed by atoms with E-state index in [1.54, 1.807) is 12.1 Å². The zero-order valence-electron chi connectivity index (χ0n) is 10.1. The van der Waals surface area contributed by atoms with Gasteiger partial charge in [0.15, 0.2) is 0 Å². The number of rotatable bonds is 2. The van der Waals surface area contributed by atoms with Gasteiger partial charge < -0.3 is 0 Å². The van der Waals surface area contributed by atoms with Crippen LogP contribution in [0.25, 0.3) is 0 Å². The molecule has 2 aromatic rings. The van der Waals surface area contributed by atoms with Crippen molar-refractivity contribution in [3.63, 3.8) is 0 Å². The summed E-state index contributed by atoms with van der Waals surface area (Å²) in [7, 11) is 0. The first-order chi connectivity index (χ1) is 8.49. The fraction of sp³-hybridized carbons (Fsp3) is 0. The van der Waals surface area contributed by atoms with Crippen LogP contribution in [0.4, 0.5) is 8.78 Å². The Kier molecular flexibility index (Phi) is 5.90. The molecule has 0 amide bonds. The predicted molar refractivity (Wildman–Crippen MR) is 67.0 cm³/mol. The van der Waals surface area contributed by atoms with E-state index in [4.69, 9.17) is 0 Å². The maximum absolute atomic E-state index is 13.2. The number of halogens is 2. The minimum absolute atomic E-state index is 0.175. The molecule has 2 rings (SSSR count). The average Bonchev–Trinajstić information content (AvgIpc) is 2.35. The van der Waals surface area contributed by atoms with Crippen LogP contribution in [-0.4, -0.2) is 104 Å². The van der Waals surface area contributed by atoms with Gasteiger partial charge in [0.05, 0.1) is 0 Å². The van der Waals surface area contributed by atoms with Crippen molar-refractivity contribution in [3.8, 4) is 0 Å². The molecule has 5 heteroatoms. The van der Waals surface area contributed by atoms with Gasteiger partial charge in [-0.3, -0.25) is 0 Å². The van der Waals surface area contributed by atoms with Gasteiger partial charge in [-0.15, -0.1) is 0 Å². The van der Waals surface area contributed by atoms with Gasteiger partial charge in [-0.05, 0) is 0 Å². The molecule has 0 fully saturated rings. The fourth-order valence-corrected chi connectivity index (χ4v) is 3.23. The summed E-state index contributed by atoms with van der Waals surface area (Å²) < 4.78 is 27.6. The number of hydrogen-bond donors (Lipinski definition) is 0. The third-order valence-corrected chi connectivity index (χ3v) is 5.23. The molecule has 0 aliphatic heterocycles. The quantitative estimate of drug-likeness (QED) is 0.591.